The van der Waals surface area contributed by atoms with Crippen LogP contribution >= 0.6 is 34.5 Å². The van der Waals surface area contributed by atoms with E-state index in [2.05, 4.69) is 5.32 Å². The molecule has 0 radical (unpaired) electrons. The highest BCUT2D eigenvalue weighted by molar-refractivity contribution is 7.14. The maximum Gasteiger partial charge on any atom is 0.265 e. The summed E-state index contributed by atoms with van der Waals surface area (Å²) >= 11 is 13.2. The van der Waals surface area contributed by atoms with E-state index in [0.29, 0.717) is 9.90 Å². The van der Waals surface area contributed by atoms with Crippen LogP contribution in [0.4, 0.5) is 5.69 Å². The molecule has 1 amide bonds. The smallest absolute Gasteiger partial charge is 0.265 e. The molecular formula is C14H11Cl2NO2S. The molecule has 2 N–H and O–H groups in total. The van der Waals surface area contributed by atoms with Gasteiger partial charge in [0.1, 0.15) is 0 Å². The number of anilines is 1. The maximum atomic E-state index is 12.2. The van der Waals surface area contributed by atoms with Crippen LogP contribution in [-0.4, -0.2) is 11.0 Å². The number of phenols is 1. The fourth-order valence-corrected chi connectivity index (χ4v) is 3.93. The quantitative estimate of drug-likeness (QED) is 0.798. The lowest BCUT2D eigenvalue weighted by atomic mass is 10.2. The molecule has 0 spiro atoms. The highest BCUT2D eigenvalue weighted by Crippen LogP contribution is 2.36. The first kappa shape index (κ1) is 13.7. The first-order valence-corrected chi connectivity index (χ1v) is 7.73. The van der Waals surface area contributed by atoms with E-state index in [4.69, 9.17) is 23.2 Å². The summed E-state index contributed by atoms with van der Waals surface area (Å²) in [5.41, 5.74) is 1.48. The second-order valence-electron chi connectivity index (χ2n) is 4.65. The average Bonchev–Trinajstić information content (AvgIpc) is 2.95. The van der Waals surface area contributed by atoms with Crippen LogP contribution in [0.25, 0.3) is 0 Å². The van der Waals surface area contributed by atoms with Crippen LogP contribution in [-0.2, 0) is 12.8 Å². The second kappa shape index (κ2) is 5.28. The largest absolute Gasteiger partial charge is 0.504 e. The summed E-state index contributed by atoms with van der Waals surface area (Å²) in [5.74, 6) is -0.424. The Kier molecular flexibility index (Phi) is 3.63. The van der Waals surface area contributed by atoms with Crippen molar-refractivity contribution in [1.29, 1.82) is 0 Å². The number of amides is 1. The molecule has 0 saturated carbocycles. The number of rotatable bonds is 2. The van der Waals surface area contributed by atoms with Crippen LogP contribution < -0.4 is 5.32 Å². The van der Waals surface area contributed by atoms with Crippen molar-refractivity contribution in [2.24, 2.45) is 0 Å². The molecule has 3 nitrogen and oxygen atoms in total. The summed E-state index contributed by atoms with van der Waals surface area (Å²) in [7, 11) is 0. The third-order valence-electron chi connectivity index (χ3n) is 3.25. The molecule has 1 aliphatic rings. The Labute approximate surface area is 130 Å². The van der Waals surface area contributed by atoms with Gasteiger partial charge >= 0.3 is 0 Å². The predicted molar refractivity (Wildman–Crippen MR) is 82.4 cm³/mol. The van der Waals surface area contributed by atoms with Crippen LogP contribution in [0.15, 0.2) is 18.2 Å². The zero-order valence-corrected chi connectivity index (χ0v) is 12.7. The number of hydrogen-bond donors (Lipinski definition) is 2. The van der Waals surface area contributed by atoms with Crippen LogP contribution in [0.1, 0.15) is 26.5 Å². The summed E-state index contributed by atoms with van der Waals surface area (Å²) in [6.45, 7) is 0. The molecule has 0 aliphatic heterocycles. The Morgan fingerprint density at radius 1 is 1.25 bits per heavy atom. The summed E-state index contributed by atoms with van der Waals surface area (Å²) in [6, 6.07) is 4.82. The number of aromatic hydroxyl groups is 1. The van der Waals surface area contributed by atoms with Gasteiger partial charge in [-0.3, -0.25) is 4.79 Å². The van der Waals surface area contributed by atoms with Crippen molar-refractivity contribution in [3.63, 3.8) is 0 Å². The molecule has 0 fully saturated rings. The van der Waals surface area contributed by atoms with E-state index in [1.807, 2.05) is 6.07 Å². The minimum atomic E-state index is -0.252. The zero-order chi connectivity index (χ0) is 14.3. The number of phenolic OH excluding ortho intramolecular Hbond substituents is 1. The molecule has 0 saturated heterocycles. The molecule has 1 heterocycles. The van der Waals surface area contributed by atoms with Gasteiger partial charge in [0.25, 0.3) is 5.91 Å². The standard InChI is InChI=1S/C14H11Cl2NO2S/c15-8-5-9(16)13(18)10(6-8)17-14(19)12-4-7-2-1-3-11(7)20-12/h4-6,18H,1-3H2,(H,17,19). The molecule has 3 rings (SSSR count). The van der Waals surface area contributed by atoms with Crippen molar-refractivity contribution in [1.82, 2.24) is 0 Å². The average molecular weight is 328 g/mol. The lowest BCUT2D eigenvalue weighted by Gasteiger charge is -2.08. The molecule has 104 valence electrons. The van der Waals surface area contributed by atoms with Gasteiger partial charge < -0.3 is 10.4 Å². The van der Waals surface area contributed by atoms with Crippen LogP contribution in [0.5, 0.6) is 5.75 Å². The summed E-state index contributed by atoms with van der Waals surface area (Å²) in [4.78, 5) is 14.1. The van der Waals surface area contributed by atoms with Gasteiger partial charge in [0, 0.05) is 9.90 Å². The van der Waals surface area contributed by atoms with Gasteiger partial charge in [0.15, 0.2) is 5.75 Å². The number of thiophene rings is 1. The van der Waals surface area contributed by atoms with Crippen LogP contribution in [0.2, 0.25) is 10.0 Å². The fourth-order valence-electron chi connectivity index (χ4n) is 2.29. The van der Waals surface area contributed by atoms with Gasteiger partial charge in [-0.2, -0.15) is 0 Å². The molecule has 20 heavy (non-hydrogen) atoms. The number of carbonyl (C=O) groups is 1. The van der Waals surface area contributed by atoms with Crippen molar-refractivity contribution in [2.45, 2.75) is 19.3 Å². The number of fused-ring (bicyclic) bond motifs is 1. The number of benzene rings is 1. The van der Waals surface area contributed by atoms with Crippen molar-refractivity contribution in [2.75, 3.05) is 5.32 Å². The Hall–Kier alpha value is -1.23. The van der Waals surface area contributed by atoms with Gasteiger partial charge in [-0.25, -0.2) is 0 Å². The molecular weight excluding hydrogens is 317 g/mol. The summed E-state index contributed by atoms with van der Waals surface area (Å²) < 4.78 is 0. The van der Waals surface area contributed by atoms with Crippen molar-refractivity contribution in [3.05, 3.63) is 43.6 Å². The highest BCUT2D eigenvalue weighted by Gasteiger charge is 2.19. The number of carbonyl (C=O) groups excluding carboxylic acids is 1. The number of aryl methyl sites for hydroxylation is 2. The van der Waals surface area contributed by atoms with E-state index >= 15 is 0 Å². The maximum absolute atomic E-state index is 12.2. The van der Waals surface area contributed by atoms with Crippen LogP contribution in [0, 0.1) is 0 Å². The number of nitrogens with one attached hydrogen (secondary N) is 1. The lowest BCUT2D eigenvalue weighted by molar-refractivity contribution is 0.103. The first-order valence-electron chi connectivity index (χ1n) is 6.15. The van der Waals surface area contributed by atoms with E-state index in [1.165, 1.54) is 33.9 Å². The SMILES string of the molecule is O=C(Nc1cc(Cl)cc(Cl)c1O)c1cc2c(s1)CCC2. The molecule has 1 aliphatic carbocycles. The first-order chi connectivity index (χ1) is 9.54. The van der Waals surface area contributed by atoms with Gasteiger partial charge in [-0.1, -0.05) is 23.2 Å². The highest BCUT2D eigenvalue weighted by atomic mass is 35.5. The Balaban J connectivity index is 1.85. The second-order valence-corrected chi connectivity index (χ2v) is 6.63. The Bertz CT molecular complexity index is 675. The zero-order valence-electron chi connectivity index (χ0n) is 10.4. The minimum Gasteiger partial charge on any atom is -0.504 e. The Morgan fingerprint density at radius 3 is 2.80 bits per heavy atom. The van der Waals surface area contributed by atoms with Gasteiger partial charge in [-0.05, 0) is 43.0 Å². The number of hydrogen-bond acceptors (Lipinski definition) is 3. The fraction of sp³-hybridized carbons (Fsp3) is 0.214. The van der Waals surface area contributed by atoms with E-state index in [1.54, 1.807) is 0 Å². The van der Waals surface area contributed by atoms with Gasteiger partial charge in [0.2, 0.25) is 0 Å². The monoisotopic (exact) mass is 327 g/mol. The molecule has 1 aromatic carbocycles. The minimum absolute atomic E-state index is 0.112. The third kappa shape index (κ3) is 2.51. The molecule has 0 atom stereocenters. The topological polar surface area (TPSA) is 49.3 Å². The van der Waals surface area contributed by atoms with Crippen molar-refractivity contribution < 1.29 is 9.90 Å². The lowest BCUT2D eigenvalue weighted by Crippen LogP contribution is -2.10. The Morgan fingerprint density at radius 2 is 2.05 bits per heavy atom. The molecule has 0 bridgehead atoms. The van der Waals surface area contributed by atoms with Gasteiger partial charge in [0.05, 0.1) is 15.6 Å². The molecule has 2 aromatic rings. The van der Waals surface area contributed by atoms with Gasteiger partial charge in [-0.15, -0.1) is 11.3 Å². The summed E-state index contributed by atoms with van der Waals surface area (Å²) in [6.07, 6.45) is 3.24. The van der Waals surface area contributed by atoms with E-state index < -0.39 is 0 Å². The molecule has 0 unspecified atom stereocenters. The normalized spacial score (nSPS) is 13.3. The van der Waals surface area contributed by atoms with Crippen LogP contribution in [0.3, 0.4) is 0 Å². The molecule has 6 heteroatoms. The van der Waals surface area contributed by atoms with Crippen molar-refractivity contribution >= 4 is 46.1 Å². The summed E-state index contributed by atoms with van der Waals surface area (Å²) in [5, 5.41) is 13.0. The molecule has 1 aromatic heterocycles. The van der Waals surface area contributed by atoms with E-state index in [9.17, 15) is 9.90 Å². The van der Waals surface area contributed by atoms with Crippen molar-refractivity contribution in [3.8, 4) is 5.75 Å². The predicted octanol–water partition coefficient (Wildman–Crippen LogP) is 4.50. The number of halogens is 2. The third-order valence-corrected chi connectivity index (χ3v) is 4.99. The van der Waals surface area contributed by atoms with E-state index in [-0.39, 0.29) is 22.4 Å². The van der Waals surface area contributed by atoms with E-state index in [0.717, 1.165) is 19.3 Å².